The summed E-state index contributed by atoms with van der Waals surface area (Å²) >= 11 is 0. The molecule has 0 unspecified atom stereocenters. The molecule has 20 heavy (non-hydrogen) atoms. The van der Waals surface area contributed by atoms with E-state index in [2.05, 4.69) is 6.58 Å². The zero-order valence-corrected chi connectivity index (χ0v) is 11.8. The molecule has 1 aromatic rings. The highest BCUT2D eigenvalue weighted by Gasteiger charge is 2.32. The van der Waals surface area contributed by atoms with Crippen LogP contribution in [0.2, 0.25) is 0 Å². The molecule has 0 radical (unpaired) electrons. The van der Waals surface area contributed by atoms with Gasteiger partial charge in [-0.15, -0.1) is 0 Å². The average molecular weight is 297 g/mol. The number of hydrogen-bond donors (Lipinski definition) is 2. The van der Waals surface area contributed by atoms with Gasteiger partial charge in [-0.3, -0.25) is 0 Å². The highest BCUT2D eigenvalue weighted by Crippen LogP contribution is 2.32. The van der Waals surface area contributed by atoms with E-state index in [9.17, 15) is 18.3 Å². The molecule has 0 aromatic heterocycles. The SMILES string of the molecule is C=C1CCN(S(=O)(=O)c2cc(C)cc(C(=O)O)c2O)C1. The third-order valence-corrected chi connectivity index (χ3v) is 5.04. The zero-order chi connectivity index (χ0) is 15.1. The lowest BCUT2D eigenvalue weighted by Crippen LogP contribution is -2.28. The highest BCUT2D eigenvalue weighted by molar-refractivity contribution is 7.89. The third kappa shape index (κ3) is 2.41. The van der Waals surface area contributed by atoms with Crippen LogP contribution in [0.3, 0.4) is 0 Å². The van der Waals surface area contributed by atoms with Gasteiger partial charge in [0.2, 0.25) is 10.0 Å². The molecule has 2 N–H and O–H groups in total. The molecule has 0 saturated carbocycles. The summed E-state index contributed by atoms with van der Waals surface area (Å²) in [5.41, 5.74) is 0.831. The minimum atomic E-state index is -3.92. The summed E-state index contributed by atoms with van der Waals surface area (Å²) in [6, 6.07) is 2.51. The van der Waals surface area contributed by atoms with Crippen LogP contribution in [0, 0.1) is 6.92 Å². The molecular weight excluding hydrogens is 282 g/mol. The Morgan fingerprint density at radius 1 is 1.40 bits per heavy atom. The summed E-state index contributed by atoms with van der Waals surface area (Å²) in [4.78, 5) is 10.7. The van der Waals surface area contributed by atoms with Crippen molar-refractivity contribution in [1.29, 1.82) is 0 Å². The van der Waals surface area contributed by atoms with Gasteiger partial charge >= 0.3 is 5.97 Å². The van der Waals surface area contributed by atoms with Crippen molar-refractivity contribution < 1.29 is 23.4 Å². The summed E-state index contributed by atoms with van der Waals surface area (Å²) in [5.74, 6) is -2.09. The number of nitrogens with zero attached hydrogens (tertiary/aromatic N) is 1. The lowest BCUT2D eigenvalue weighted by Gasteiger charge is -2.17. The Labute approximate surface area is 117 Å². The van der Waals surface area contributed by atoms with Gasteiger partial charge < -0.3 is 10.2 Å². The van der Waals surface area contributed by atoms with E-state index < -0.39 is 27.3 Å². The van der Waals surface area contributed by atoms with Gasteiger partial charge in [0.15, 0.2) is 0 Å². The Morgan fingerprint density at radius 3 is 2.55 bits per heavy atom. The van der Waals surface area contributed by atoms with Crippen molar-refractivity contribution in [3.8, 4) is 5.75 Å². The standard InChI is InChI=1S/C13H15NO5S/c1-8-3-4-14(7-8)20(18,19)11-6-9(2)5-10(12(11)15)13(16)17/h5-6,15H,1,3-4,7H2,2H3,(H,16,17). The zero-order valence-electron chi connectivity index (χ0n) is 11.0. The molecule has 0 amide bonds. The van der Waals surface area contributed by atoms with Crippen molar-refractivity contribution in [3.63, 3.8) is 0 Å². The van der Waals surface area contributed by atoms with E-state index in [1.165, 1.54) is 16.4 Å². The van der Waals surface area contributed by atoms with Gasteiger partial charge in [0.05, 0.1) is 0 Å². The van der Waals surface area contributed by atoms with E-state index in [0.29, 0.717) is 12.0 Å². The number of aryl methyl sites for hydroxylation is 1. The van der Waals surface area contributed by atoms with Crippen LogP contribution in [0.1, 0.15) is 22.3 Å². The quantitative estimate of drug-likeness (QED) is 0.821. The first-order chi connectivity index (χ1) is 9.23. The molecule has 0 spiro atoms. The van der Waals surface area contributed by atoms with E-state index in [1.807, 2.05) is 0 Å². The van der Waals surface area contributed by atoms with E-state index in [1.54, 1.807) is 6.92 Å². The second-order valence-electron chi connectivity index (χ2n) is 4.80. The molecule has 6 nitrogen and oxygen atoms in total. The Balaban J connectivity index is 2.57. The fourth-order valence-electron chi connectivity index (χ4n) is 2.14. The molecule has 0 atom stereocenters. The molecule has 1 heterocycles. The average Bonchev–Trinajstić information content (AvgIpc) is 2.78. The van der Waals surface area contributed by atoms with Crippen molar-refractivity contribution in [2.24, 2.45) is 0 Å². The van der Waals surface area contributed by atoms with E-state index >= 15 is 0 Å². The predicted octanol–water partition coefficient (Wildman–Crippen LogP) is 1.35. The first kappa shape index (κ1) is 14.5. The van der Waals surface area contributed by atoms with Gasteiger partial charge in [-0.05, 0) is 31.0 Å². The van der Waals surface area contributed by atoms with Crippen LogP contribution in [-0.2, 0) is 10.0 Å². The number of aromatic hydroxyl groups is 1. The minimum absolute atomic E-state index is 0.193. The van der Waals surface area contributed by atoms with Gasteiger partial charge in [-0.2, -0.15) is 4.31 Å². The lowest BCUT2D eigenvalue weighted by molar-refractivity contribution is 0.0693. The molecule has 0 bridgehead atoms. The number of carbonyl (C=O) groups is 1. The number of sulfonamides is 1. The van der Waals surface area contributed by atoms with Crippen molar-refractivity contribution in [3.05, 3.63) is 35.4 Å². The predicted molar refractivity (Wildman–Crippen MR) is 72.3 cm³/mol. The number of carboxylic acids is 1. The van der Waals surface area contributed by atoms with Gasteiger partial charge in [-0.25, -0.2) is 13.2 Å². The lowest BCUT2D eigenvalue weighted by atomic mass is 10.1. The molecule has 1 aliphatic heterocycles. The van der Waals surface area contributed by atoms with Crippen LogP contribution in [0.15, 0.2) is 29.2 Å². The van der Waals surface area contributed by atoms with Crippen molar-refractivity contribution >= 4 is 16.0 Å². The summed E-state index contributed by atoms with van der Waals surface area (Å²) in [6.07, 6.45) is 0.567. The first-order valence-electron chi connectivity index (χ1n) is 5.97. The van der Waals surface area contributed by atoms with E-state index in [0.717, 1.165) is 5.57 Å². The van der Waals surface area contributed by atoms with Crippen molar-refractivity contribution in [2.75, 3.05) is 13.1 Å². The Hall–Kier alpha value is -1.86. The smallest absolute Gasteiger partial charge is 0.339 e. The highest BCUT2D eigenvalue weighted by atomic mass is 32.2. The third-order valence-electron chi connectivity index (χ3n) is 3.18. The van der Waals surface area contributed by atoms with Crippen LogP contribution in [0.5, 0.6) is 5.75 Å². The summed E-state index contributed by atoms with van der Waals surface area (Å²) in [6.45, 7) is 5.79. The second-order valence-corrected chi connectivity index (χ2v) is 6.71. The van der Waals surface area contributed by atoms with Crippen LogP contribution >= 0.6 is 0 Å². The first-order valence-corrected chi connectivity index (χ1v) is 7.41. The van der Waals surface area contributed by atoms with Crippen molar-refractivity contribution in [2.45, 2.75) is 18.2 Å². The van der Waals surface area contributed by atoms with Gasteiger partial charge in [0.1, 0.15) is 16.2 Å². The largest absolute Gasteiger partial charge is 0.506 e. The minimum Gasteiger partial charge on any atom is -0.506 e. The van der Waals surface area contributed by atoms with Crippen LogP contribution in [0.25, 0.3) is 0 Å². The molecule has 0 aliphatic carbocycles. The number of aromatic carboxylic acids is 1. The number of hydrogen-bond acceptors (Lipinski definition) is 4. The van der Waals surface area contributed by atoms with E-state index in [-0.39, 0.29) is 18.0 Å². The number of phenols is 1. The maximum Gasteiger partial charge on any atom is 0.339 e. The fraction of sp³-hybridized carbons (Fsp3) is 0.308. The number of benzene rings is 1. The molecule has 1 aliphatic rings. The molecule has 2 rings (SSSR count). The number of rotatable bonds is 3. The molecule has 1 aromatic carbocycles. The van der Waals surface area contributed by atoms with Crippen LogP contribution in [-0.4, -0.2) is 42.0 Å². The summed E-state index contributed by atoms with van der Waals surface area (Å²) in [7, 11) is -3.92. The maximum absolute atomic E-state index is 12.5. The van der Waals surface area contributed by atoms with Gasteiger partial charge in [0, 0.05) is 13.1 Å². The normalized spacial score (nSPS) is 16.6. The Bertz CT molecular complexity index is 693. The molecule has 1 fully saturated rings. The fourth-order valence-corrected chi connectivity index (χ4v) is 3.79. The van der Waals surface area contributed by atoms with Gasteiger partial charge in [-0.1, -0.05) is 12.2 Å². The Kier molecular flexibility index (Phi) is 3.58. The van der Waals surface area contributed by atoms with Crippen LogP contribution < -0.4 is 0 Å². The van der Waals surface area contributed by atoms with Crippen molar-refractivity contribution in [1.82, 2.24) is 4.31 Å². The second kappa shape index (κ2) is 4.92. The van der Waals surface area contributed by atoms with E-state index in [4.69, 9.17) is 5.11 Å². The maximum atomic E-state index is 12.5. The Morgan fingerprint density at radius 2 is 2.05 bits per heavy atom. The monoisotopic (exact) mass is 297 g/mol. The van der Waals surface area contributed by atoms with Gasteiger partial charge in [0.25, 0.3) is 0 Å². The summed E-state index contributed by atoms with van der Waals surface area (Å²) in [5, 5.41) is 18.9. The molecule has 7 heteroatoms. The molecule has 1 saturated heterocycles. The number of carboxylic acid groups (broad SMARTS) is 1. The van der Waals surface area contributed by atoms with Crippen LogP contribution in [0.4, 0.5) is 0 Å². The molecular formula is C13H15NO5S. The topological polar surface area (TPSA) is 94.9 Å². The molecule has 108 valence electrons. The summed E-state index contributed by atoms with van der Waals surface area (Å²) < 4.78 is 26.1.